The standard InChI is InChI=1S/C7H5F4OP/c8-5-3-4(13)1-2-6(5)12-7(9,10)11/h1-3H,13H2. The Balaban J connectivity index is 2.90. The van der Waals surface area contributed by atoms with Gasteiger partial charge in [-0.3, -0.25) is 0 Å². The maximum atomic E-state index is 12.7. The van der Waals surface area contributed by atoms with Crippen LogP contribution in [0.1, 0.15) is 0 Å². The normalized spacial score (nSPS) is 11.5. The highest BCUT2D eigenvalue weighted by Gasteiger charge is 2.32. The lowest BCUT2D eigenvalue weighted by molar-refractivity contribution is -0.275. The van der Waals surface area contributed by atoms with Crippen LogP contribution < -0.4 is 10.0 Å². The minimum absolute atomic E-state index is 0.451. The third-order valence-electron chi connectivity index (χ3n) is 1.18. The summed E-state index contributed by atoms with van der Waals surface area (Å²) < 4.78 is 51.0. The summed E-state index contributed by atoms with van der Waals surface area (Å²) in [6, 6.07) is 3.16. The van der Waals surface area contributed by atoms with E-state index in [4.69, 9.17) is 0 Å². The molecular formula is C7H5F4OP. The third kappa shape index (κ3) is 3.19. The third-order valence-corrected chi connectivity index (χ3v) is 1.54. The first-order chi connectivity index (χ1) is 5.88. The number of rotatable bonds is 1. The molecular weight excluding hydrogens is 207 g/mol. The van der Waals surface area contributed by atoms with E-state index in [1.165, 1.54) is 6.07 Å². The van der Waals surface area contributed by atoms with Gasteiger partial charge in [-0.15, -0.1) is 22.4 Å². The van der Waals surface area contributed by atoms with Crippen molar-refractivity contribution < 1.29 is 22.3 Å². The van der Waals surface area contributed by atoms with Crippen LogP contribution >= 0.6 is 9.24 Å². The van der Waals surface area contributed by atoms with E-state index in [-0.39, 0.29) is 0 Å². The summed E-state index contributed by atoms with van der Waals surface area (Å²) in [5.74, 6) is -1.86. The van der Waals surface area contributed by atoms with Crippen LogP contribution in [0.2, 0.25) is 0 Å². The molecule has 0 aliphatic carbocycles. The number of halogens is 4. The molecule has 0 aliphatic heterocycles. The zero-order valence-corrected chi connectivity index (χ0v) is 7.38. The predicted octanol–water partition coefficient (Wildman–Crippen LogP) is 2.22. The molecule has 0 amide bonds. The first-order valence-electron chi connectivity index (χ1n) is 3.19. The molecule has 0 heterocycles. The molecule has 1 atom stereocenters. The SMILES string of the molecule is Fc1cc(P)ccc1OC(F)(F)F. The molecule has 0 saturated heterocycles. The molecule has 0 aromatic heterocycles. The average Bonchev–Trinajstić information content (AvgIpc) is 1.93. The van der Waals surface area contributed by atoms with Crippen LogP contribution in [0, 0.1) is 5.82 Å². The second-order valence-corrected chi connectivity index (χ2v) is 2.90. The summed E-state index contributed by atoms with van der Waals surface area (Å²) in [5.41, 5.74) is 0. The van der Waals surface area contributed by atoms with Gasteiger partial charge in [0.1, 0.15) is 0 Å². The molecule has 1 rings (SSSR count). The van der Waals surface area contributed by atoms with Crippen molar-refractivity contribution in [3.8, 4) is 5.75 Å². The van der Waals surface area contributed by atoms with Crippen molar-refractivity contribution in [2.45, 2.75) is 6.36 Å². The highest BCUT2D eigenvalue weighted by atomic mass is 31.0. The van der Waals surface area contributed by atoms with E-state index in [9.17, 15) is 17.6 Å². The largest absolute Gasteiger partial charge is 0.573 e. The zero-order chi connectivity index (χ0) is 10.1. The Morgan fingerprint density at radius 1 is 1.23 bits per heavy atom. The van der Waals surface area contributed by atoms with Gasteiger partial charge < -0.3 is 4.74 Å². The topological polar surface area (TPSA) is 9.23 Å². The minimum Gasteiger partial charge on any atom is -0.403 e. The Morgan fingerprint density at radius 3 is 2.31 bits per heavy atom. The summed E-state index contributed by atoms with van der Waals surface area (Å²) >= 11 is 0. The Bertz CT molecular complexity index is 310. The monoisotopic (exact) mass is 212 g/mol. The predicted molar refractivity (Wildman–Crippen MR) is 42.4 cm³/mol. The van der Waals surface area contributed by atoms with Gasteiger partial charge >= 0.3 is 6.36 Å². The van der Waals surface area contributed by atoms with Crippen LogP contribution in [0.25, 0.3) is 0 Å². The molecule has 0 bridgehead atoms. The molecule has 1 aromatic rings. The summed E-state index contributed by atoms with van der Waals surface area (Å²) in [6.07, 6.45) is -4.86. The molecule has 0 aliphatic rings. The Morgan fingerprint density at radius 2 is 1.85 bits per heavy atom. The van der Waals surface area contributed by atoms with Crippen molar-refractivity contribution in [1.82, 2.24) is 0 Å². The van der Waals surface area contributed by atoms with Crippen molar-refractivity contribution in [1.29, 1.82) is 0 Å². The van der Waals surface area contributed by atoms with Gasteiger partial charge in [0.05, 0.1) is 0 Å². The van der Waals surface area contributed by atoms with Gasteiger partial charge in [-0.2, -0.15) is 0 Å². The Labute approximate surface area is 73.9 Å². The first-order valence-corrected chi connectivity index (χ1v) is 3.77. The van der Waals surface area contributed by atoms with Crippen molar-refractivity contribution in [3.05, 3.63) is 24.0 Å². The average molecular weight is 212 g/mol. The van der Waals surface area contributed by atoms with Crippen molar-refractivity contribution in [2.24, 2.45) is 0 Å². The smallest absolute Gasteiger partial charge is 0.403 e. The fraction of sp³-hybridized carbons (Fsp3) is 0.143. The lowest BCUT2D eigenvalue weighted by atomic mass is 10.3. The lowest BCUT2D eigenvalue weighted by Crippen LogP contribution is -2.18. The second kappa shape index (κ2) is 3.50. The van der Waals surface area contributed by atoms with E-state index in [1.54, 1.807) is 0 Å². The minimum atomic E-state index is -4.86. The van der Waals surface area contributed by atoms with Crippen molar-refractivity contribution in [2.75, 3.05) is 0 Å². The second-order valence-electron chi connectivity index (χ2n) is 2.24. The van der Waals surface area contributed by atoms with Gasteiger partial charge in [0, 0.05) is 0 Å². The van der Waals surface area contributed by atoms with E-state index < -0.39 is 17.9 Å². The van der Waals surface area contributed by atoms with Crippen LogP contribution in [-0.2, 0) is 0 Å². The molecule has 0 spiro atoms. The number of hydrogen-bond acceptors (Lipinski definition) is 1. The number of hydrogen-bond donors (Lipinski definition) is 0. The Hall–Kier alpha value is -0.830. The van der Waals surface area contributed by atoms with Crippen LogP contribution in [0.5, 0.6) is 5.75 Å². The van der Waals surface area contributed by atoms with E-state index in [0.717, 1.165) is 12.1 Å². The van der Waals surface area contributed by atoms with Gasteiger partial charge in [-0.05, 0) is 17.4 Å². The maximum absolute atomic E-state index is 12.7. The molecule has 0 saturated carbocycles. The van der Waals surface area contributed by atoms with Gasteiger partial charge in [0.25, 0.3) is 0 Å². The maximum Gasteiger partial charge on any atom is 0.573 e. The first kappa shape index (κ1) is 10.3. The molecule has 0 N–H and O–H groups in total. The van der Waals surface area contributed by atoms with E-state index >= 15 is 0 Å². The Kier molecular flexibility index (Phi) is 2.76. The molecule has 1 nitrogen and oxygen atoms in total. The molecule has 72 valence electrons. The zero-order valence-electron chi connectivity index (χ0n) is 6.23. The number of ether oxygens (including phenoxy) is 1. The summed E-state index contributed by atoms with van der Waals surface area (Å²) in [5, 5.41) is 0.451. The molecule has 13 heavy (non-hydrogen) atoms. The molecule has 1 aromatic carbocycles. The van der Waals surface area contributed by atoms with Crippen LogP contribution in [-0.4, -0.2) is 6.36 Å². The summed E-state index contributed by atoms with van der Waals surface area (Å²) in [6.45, 7) is 0. The summed E-state index contributed by atoms with van der Waals surface area (Å²) in [7, 11) is 2.16. The molecule has 1 unspecified atom stereocenters. The van der Waals surface area contributed by atoms with Crippen molar-refractivity contribution in [3.63, 3.8) is 0 Å². The molecule has 0 radical (unpaired) electrons. The van der Waals surface area contributed by atoms with Gasteiger partial charge in [-0.25, -0.2) is 4.39 Å². The van der Waals surface area contributed by atoms with Gasteiger partial charge in [0.15, 0.2) is 11.6 Å². The van der Waals surface area contributed by atoms with Crippen molar-refractivity contribution >= 4 is 14.5 Å². The molecule has 0 fully saturated rings. The van der Waals surface area contributed by atoms with Crippen LogP contribution in [0.15, 0.2) is 18.2 Å². The lowest BCUT2D eigenvalue weighted by Gasteiger charge is -2.09. The fourth-order valence-electron chi connectivity index (χ4n) is 0.725. The number of benzene rings is 1. The fourth-order valence-corrected chi connectivity index (χ4v) is 0.967. The van der Waals surface area contributed by atoms with E-state index in [2.05, 4.69) is 14.0 Å². The van der Waals surface area contributed by atoms with Gasteiger partial charge in [0.2, 0.25) is 0 Å². The highest BCUT2D eigenvalue weighted by molar-refractivity contribution is 7.27. The summed E-state index contributed by atoms with van der Waals surface area (Å²) in [4.78, 5) is 0. The highest BCUT2D eigenvalue weighted by Crippen LogP contribution is 2.24. The van der Waals surface area contributed by atoms with Crippen LogP contribution in [0.4, 0.5) is 17.6 Å². The quantitative estimate of drug-likeness (QED) is 0.512. The van der Waals surface area contributed by atoms with Crippen LogP contribution in [0.3, 0.4) is 0 Å². The number of alkyl halides is 3. The van der Waals surface area contributed by atoms with Gasteiger partial charge in [-0.1, -0.05) is 6.07 Å². The van der Waals surface area contributed by atoms with E-state index in [1.807, 2.05) is 0 Å². The van der Waals surface area contributed by atoms with E-state index in [0.29, 0.717) is 5.30 Å². The molecule has 6 heteroatoms.